The monoisotopic (exact) mass is 282 g/mol. The van der Waals surface area contributed by atoms with Crippen LogP contribution in [0.1, 0.15) is 10.6 Å². The number of para-hydroxylation sites is 2. The predicted molar refractivity (Wildman–Crippen MR) is 79.4 cm³/mol. The summed E-state index contributed by atoms with van der Waals surface area (Å²) < 4.78 is 0. The highest BCUT2D eigenvalue weighted by molar-refractivity contribution is 7.11. The molecular formula is C15H10N2O2S. The number of rotatable bonds is 3. The van der Waals surface area contributed by atoms with Crippen LogP contribution >= 0.6 is 11.3 Å². The summed E-state index contributed by atoms with van der Waals surface area (Å²) >= 11 is 1.38. The van der Waals surface area contributed by atoms with Gasteiger partial charge in [0.25, 0.3) is 0 Å². The van der Waals surface area contributed by atoms with Crippen molar-refractivity contribution in [1.29, 1.82) is 0 Å². The van der Waals surface area contributed by atoms with Gasteiger partial charge in [0.15, 0.2) is 0 Å². The summed E-state index contributed by atoms with van der Waals surface area (Å²) in [6.07, 6.45) is 3.13. The van der Waals surface area contributed by atoms with Crippen molar-refractivity contribution in [3.05, 3.63) is 58.5 Å². The molecular weight excluding hydrogens is 272 g/mol. The average molecular weight is 282 g/mol. The molecule has 0 saturated carbocycles. The number of aliphatic carboxylic acids is 1. The van der Waals surface area contributed by atoms with Crippen molar-refractivity contribution in [2.45, 2.75) is 0 Å². The van der Waals surface area contributed by atoms with Gasteiger partial charge in [-0.3, -0.25) is 4.98 Å². The van der Waals surface area contributed by atoms with Crippen LogP contribution in [-0.4, -0.2) is 21.0 Å². The molecule has 0 radical (unpaired) electrons. The molecule has 0 fully saturated rings. The van der Waals surface area contributed by atoms with Crippen LogP contribution in [0.5, 0.6) is 0 Å². The van der Waals surface area contributed by atoms with Crippen molar-refractivity contribution < 1.29 is 9.90 Å². The van der Waals surface area contributed by atoms with Crippen molar-refractivity contribution in [2.75, 3.05) is 0 Å². The maximum absolute atomic E-state index is 11.4. The minimum Gasteiger partial charge on any atom is -0.478 e. The van der Waals surface area contributed by atoms with Crippen molar-refractivity contribution in [3.8, 4) is 0 Å². The van der Waals surface area contributed by atoms with Gasteiger partial charge in [-0.25, -0.2) is 9.78 Å². The van der Waals surface area contributed by atoms with Gasteiger partial charge in [-0.2, -0.15) is 0 Å². The van der Waals surface area contributed by atoms with Crippen LogP contribution in [0, 0.1) is 0 Å². The molecule has 1 N–H and O–H groups in total. The van der Waals surface area contributed by atoms with Crippen LogP contribution in [0.2, 0.25) is 0 Å². The molecule has 0 bridgehead atoms. The van der Waals surface area contributed by atoms with E-state index in [1.165, 1.54) is 11.3 Å². The molecule has 2 aromatic heterocycles. The average Bonchev–Trinajstić information content (AvgIpc) is 2.98. The number of carboxylic acid groups (broad SMARTS) is 1. The van der Waals surface area contributed by atoms with E-state index in [0.29, 0.717) is 10.6 Å². The molecule has 3 aromatic rings. The van der Waals surface area contributed by atoms with Gasteiger partial charge in [-0.1, -0.05) is 18.2 Å². The number of hydrogen-bond donors (Lipinski definition) is 1. The standard InChI is InChI=1S/C15H10N2O2S/c18-15(19)11(14-6-3-7-20-14)8-10-9-16-12-4-1-2-5-13(12)17-10/h1-9H,(H,18,19)/b11-8-. The predicted octanol–water partition coefficient (Wildman–Crippen LogP) is 3.32. The molecule has 0 atom stereocenters. The molecule has 0 aliphatic carbocycles. The number of thiophene rings is 1. The Labute approximate surface area is 119 Å². The Morgan fingerprint density at radius 1 is 1.15 bits per heavy atom. The smallest absolute Gasteiger partial charge is 0.337 e. The maximum Gasteiger partial charge on any atom is 0.337 e. The molecule has 2 heterocycles. The first-order chi connectivity index (χ1) is 9.74. The molecule has 1 aromatic carbocycles. The molecule has 3 rings (SSSR count). The van der Waals surface area contributed by atoms with E-state index in [2.05, 4.69) is 9.97 Å². The van der Waals surface area contributed by atoms with Crippen LogP contribution in [-0.2, 0) is 4.79 Å². The number of nitrogens with zero attached hydrogens (tertiary/aromatic N) is 2. The second-order valence-electron chi connectivity index (χ2n) is 4.12. The SMILES string of the molecule is O=C(O)/C(=C\c1cnc2ccccc2n1)c1cccs1. The van der Waals surface area contributed by atoms with Crippen LogP contribution < -0.4 is 0 Å². The quantitative estimate of drug-likeness (QED) is 0.748. The van der Waals surface area contributed by atoms with Crippen molar-refractivity contribution in [3.63, 3.8) is 0 Å². The van der Waals surface area contributed by atoms with Gasteiger partial charge in [0, 0.05) is 4.88 Å². The minimum atomic E-state index is -0.970. The Morgan fingerprint density at radius 3 is 2.65 bits per heavy atom. The zero-order chi connectivity index (χ0) is 13.9. The second kappa shape index (κ2) is 5.22. The van der Waals surface area contributed by atoms with Gasteiger partial charge >= 0.3 is 5.97 Å². The fourth-order valence-electron chi connectivity index (χ4n) is 1.86. The van der Waals surface area contributed by atoms with E-state index in [9.17, 15) is 9.90 Å². The topological polar surface area (TPSA) is 63.1 Å². The third-order valence-corrected chi connectivity index (χ3v) is 3.68. The Hall–Kier alpha value is -2.53. The number of carbonyl (C=O) groups is 1. The first kappa shape index (κ1) is 12.5. The number of hydrogen-bond acceptors (Lipinski definition) is 4. The Balaban J connectivity index is 2.09. The van der Waals surface area contributed by atoms with Crippen LogP contribution in [0.25, 0.3) is 22.7 Å². The minimum absolute atomic E-state index is 0.226. The Bertz CT molecular complexity index is 795. The second-order valence-corrected chi connectivity index (χ2v) is 5.07. The first-order valence-corrected chi connectivity index (χ1v) is 6.82. The van der Waals surface area contributed by atoms with Crippen LogP contribution in [0.3, 0.4) is 0 Å². The first-order valence-electron chi connectivity index (χ1n) is 5.95. The Morgan fingerprint density at radius 2 is 1.95 bits per heavy atom. The van der Waals surface area contributed by atoms with Crippen LogP contribution in [0.4, 0.5) is 0 Å². The lowest BCUT2D eigenvalue weighted by atomic mass is 10.2. The molecule has 0 unspecified atom stereocenters. The van der Waals surface area contributed by atoms with Crippen molar-refractivity contribution >= 4 is 40.0 Å². The van der Waals surface area contributed by atoms with Gasteiger partial charge in [-0.05, 0) is 29.7 Å². The lowest BCUT2D eigenvalue weighted by Crippen LogP contribution is -1.98. The highest BCUT2D eigenvalue weighted by Gasteiger charge is 2.12. The molecule has 0 aliphatic rings. The van der Waals surface area contributed by atoms with E-state index in [1.54, 1.807) is 18.3 Å². The van der Waals surface area contributed by atoms with Gasteiger partial charge in [0.05, 0.1) is 28.5 Å². The zero-order valence-corrected chi connectivity index (χ0v) is 11.2. The molecule has 0 aliphatic heterocycles. The van der Waals surface area contributed by atoms with Gasteiger partial charge in [-0.15, -0.1) is 11.3 Å². The van der Waals surface area contributed by atoms with E-state index in [0.717, 1.165) is 11.0 Å². The normalized spacial score (nSPS) is 11.7. The largest absolute Gasteiger partial charge is 0.478 e. The van der Waals surface area contributed by atoms with E-state index in [4.69, 9.17) is 0 Å². The van der Waals surface area contributed by atoms with Crippen molar-refractivity contribution in [1.82, 2.24) is 9.97 Å². The highest BCUT2D eigenvalue weighted by atomic mass is 32.1. The maximum atomic E-state index is 11.4. The number of fused-ring (bicyclic) bond motifs is 1. The molecule has 20 heavy (non-hydrogen) atoms. The number of aromatic nitrogens is 2. The number of carboxylic acids is 1. The molecule has 0 saturated heterocycles. The van der Waals surface area contributed by atoms with Gasteiger partial charge in [0.2, 0.25) is 0 Å². The summed E-state index contributed by atoms with van der Waals surface area (Å²) in [5, 5.41) is 11.2. The van der Waals surface area contributed by atoms with E-state index < -0.39 is 5.97 Å². The summed E-state index contributed by atoms with van der Waals surface area (Å²) in [6, 6.07) is 11.1. The van der Waals surface area contributed by atoms with E-state index >= 15 is 0 Å². The lowest BCUT2D eigenvalue weighted by molar-refractivity contribution is -0.130. The molecule has 5 heteroatoms. The zero-order valence-electron chi connectivity index (χ0n) is 10.4. The fraction of sp³-hybridized carbons (Fsp3) is 0. The van der Waals surface area contributed by atoms with E-state index in [-0.39, 0.29) is 5.57 Å². The Kier molecular flexibility index (Phi) is 3.26. The summed E-state index contributed by atoms with van der Waals surface area (Å²) in [6.45, 7) is 0. The molecule has 4 nitrogen and oxygen atoms in total. The summed E-state index contributed by atoms with van der Waals surface area (Å²) in [5.74, 6) is -0.970. The molecule has 0 amide bonds. The summed E-state index contributed by atoms with van der Waals surface area (Å²) in [7, 11) is 0. The third kappa shape index (κ3) is 2.44. The summed E-state index contributed by atoms with van der Waals surface area (Å²) in [5.41, 5.74) is 2.30. The van der Waals surface area contributed by atoms with Crippen LogP contribution in [0.15, 0.2) is 48.0 Å². The van der Waals surface area contributed by atoms with Gasteiger partial charge < -0.3 is 5.11 Å². The molecule has 98 valence electrons. The fourth-order valence-corrected chi connectivity index (χ4v) is 2.59. The highest BCUT2D eigenvalue weighted by Crippen LogP contribution is 2.23. The molecule has 0 spiro atoms. The van der Waals surface area contributed by atoms with E-state index in [1.807, 2.05) is 35.7 Å². The number of benzene rings is 1. The van der Waals surface area contributed by atoms with Crippen molar-refractivity contribution in [2.24, 2.45) is 0 Å². The summed E-state index contributed by atoms with van der Waals surface area (Å²) in [4.78, 5) is 20.7. The lowest BCUT2D eigenvalue weighted by Gasteiger charge is -2.01. The van der Waals surface area contributed by atoms with Gasteiger partial charge in [0.1, 0.15) is 0 Å². The third-order valence-electron chi connectivity index (χ3n) is 2.78.